The fraction of sp³-hybridized carbons (Fsp3) is 1.00. The maximum Gasteiger partial charge on any atom is 0.0466 e. The van der Waals surface area contributed by atoms with E-state index in [1.165, 1.54) is 327 Å². The highest BCUT2D eigenvalue weighted by Crippen LogP contribution is 2.23. The van der Waals surface area contributed by atoms with Gasteiger partial charge in [0.15, 0.2) is 0 Å². The van der Waals surface area contributed by atoms with E-state index in [-0.39, 0.29) is 0 Å². The Kier molecular flexibility index (Phi) is 57.1. The van der Waals surface area contributed by atoms with E-state index >= 15 is 0 Å². The van der Waals surface area contributed by atoms with Crippen LogP contribution in [0.2, 0.25) is 0 Å². The van der Waals surface area contributed by atoms with E-state index in [1.807, 2.05) is 0 Å². The average molecular weight is 904 g/mol. The number of rotatable bonds is 59. The van der Waals surface area contributed by atoms with E-state index in [4.69, 9.17) is 10.5 Å². The molecule has 0 fully saturated rings. The van der Waals surface area contributed by atoms with Crippen LogP contribution < -0.4 is 11.1 Å². The van der Waals surface area contributed by atoms with E-state index < -0.39 is 0 Å². The normalized spacial score (nSPS) is 12.0. The zero-order valence-electron chi connectivity index (χ0n) is 45.3. The van der Waals surface area contributed by atoms with Gasteiger partial charge in [-0.05, 0) is 57.2 Å². The molecular formula is C61H126N2O. The predicted molar refractivity (Wildman–Crippen MR) is 292 cm³/mol. The molecule has 0 aliphatic heterocycles. The Morgan fingerprint density at radius 1 is 0.281 bits per heavy atom. The van der Waals surface area contributed by atoms with Gasteiger partial charge in [-0.15, -0.1) is 0 Å². The van der Waals surface area contributed by atoms with Gasteiger partial charge in [-0.25, -0.2) is 0 Å². The van der Waals surface area contributed by atoms with Crippen molar-refractivity contribution in [2.75, 3.05) is 32.8 Å². The van der Waals surface area contributed by atoms with Crippen LogP contribution in [0.3, 0.4) is 0 Å². The van der Waals surface area contributed by atoms with Crippen molar-refractivity contribution < 1.29 is 4.74 Å². The molecule has 3 N–H and O–H groups in total. The highest BCUT2D eigenvalue weighted by atomic mass is 16.5. The summed E-state index contributed by atoms with van der Waals surface area (Å²) < 4.78 is 5.87. The van der Waals surface area contributed by atoms with Crippen LogP contribution in [0.4, 0.5) is 0 Å². The van der Waals surface area contributed by atoms with Crippen molar-refractivity contribution in [3.63, 3.8) is 0 Å². The molecule has 0 saturated heterocycles. The summed E-state index contributed by atoms with van der Waals surface area (Å²) in [6.07, 6.45) is 75.3. The van der Waals surface area contributed by atoms with E-state index in [2.05, 4.69) is 26.1 Å². The van der Waals surface area contributed by atoms with Crippen molar-refractivity contribution >= 4 is 0 Å². The molecule has 0 saturated carbocycles. The molecule has 0 radical (unpaired) electrons. The van der Waals surface area contributed by atoms with Gasteiger partial charge in [-0.1, -0.05) is 323 Å². The fourth-order valence-corrected chi connectivity index (χ4v) is 10.0. The number of nitrogens with one attached hydrogen (secondary N) is 1. The summed E-state index contributed by atoms with van der Waals surface area (Å²) >= 11 is 0. The Bertz CT molecular complexity index is 799. The van der Waals surface area contributed by atoms with Crippen molar-refractivity contribution in [1.82, 2.24) is 5.32 Å². The zero-order valence-corrected chi connectivity index (χ0v) is 45.3. The van der Waals surface area contributed by atoms with Gasteiger partial charge in [0.05, 0.1) is 0 Å². The van der Waals surface area contributed by atoms with Crippen LogP contribution in [-0.2, 0) is 4.74 Å². The summed E-state index contributed by atoms with van der Waals surface area (Å²) in [7, 11) is 0. The summed E-state index contributed by atoms with van der Waals surface area (Å²) in [5, 5.41) is 3.59. The van der Waals surface area contributed by atoms with Crippen molar-refractivity contribution in [3.05, 3.63) is 0 Å². The Hall–Kier alpha value is -0.120. The molecule has 0 aliphatic rings. The van der Waals surface area contributed by atoms with Crippen LogP contribution in [0.1, 0.15) is 355 Å². The van der Waals surface area contributed by atoms with Gasteiger partial charge in [-0.3, -0.25) is 0 Å². The minimum atomic E-state index is 0.368. The molecule has 0 aromatic carbocycles. The molecule has 0 aliphatic carbocycles. The standard InChI is InChI=1S/C61H126N2O/c1-4-5-6-7-8-9-10-11-12-13-14-15-16-17-18-19-20-21-22-23-24-25-26-27-28-29-30-31-32-33-34-35-36-37-38-39-40-41-42-43-44-45-46-47-48-49-50-52-59-64-60-53-51-57-63-58-55-61(2,3)54-56-62/h63H,4-60,62H2,1-3H3. The molecule has 0 aromatic rings. The second-order valence-electron chi connectivity index (χ2n) is 22.1. The molecule has 0 amide bonds. The highest BCUT2D eigenvalue weighted by Gasteiger charge is 2.15. The quantitative estimate of drug-likeness (QED) is 0.0598. The van der Waals surface area contributed by atoms with E-state index in [9.17, 15) is 0 Å². The second-order valence-corrected chi connectivity index (χ2v) is 22.1. The van der Waals surface area contributed by atoms with E-state index in [0.29, 0.717) is 5.41 Å². The molecule has 0 rings (SSSR count). The highest BCUT2D eigenvalue weighted by molar-refractivity contribution is 4.70. The first-order valence-electron chi connectivity index (χ1n) is 30.6. The molecule has 0 atom stereocenters. The third-order valence-electron chi connectivity index (χ3n) is 14.8. The van der Waals surface area contributed by atoms with Gasteiger partial charge < -0.3 is 15.8 Å². The third-order valence-corrected chi connectivity index (χ3v) is 14.8. The first kappa shape index (κ1) is 63.9. The Labute approximate surface area is 407 Å². The molecule has 386 valence electrons. The van der Waals surface area contributed by atoms with Crippen molar-refractivity contribution in [3.8, 4) is 0 Å². The molecule has 0 bridgehead atoms. The Balaban J connectivity index is 3.09. The lowest BCUT2D eigenvalue weighted by molar-refractivity contribution is 0.126. The maximum atomic E-state index is 5.87. The minimum absolute atomic E-state index is 0.368. The van der Waals surface area contributed by atoms with Crippen LogP contribution in [0, 0.1) is 5.41 Å². The summed E-state index contributed by atoms with van der Waals surface area (Å²) in [5.41, 5.74) is 6.08. The van der Waals surface area contributed by atoms with Crippen molar-refractivity contribution in [2.24, 2.45) is 11.1 Å². The monoisotopic (exact) mass is 903 g/mol. The van der Waals surface area contributed by atoms with Gasteiger partial charge >= 0.3 is 0 Å². The number of hydrogen-bond acceptors (Lipinski definition) is 3. The smallest absolute Gasteiger partial charge is 0.0466 e. The second kappa shape index (κ2) is 57.2. The van der Waals surface area contributed by atoms with Crippen LogP contribution in [0.5, 0.6) is 0 Å². The van der Waals surface area contributed by atoms with Gasteiger partial charge in [0.25, 0.3) is 0 Å². The SMILES string of the molecule is CCCCCCCCCCCCCCCCCCCCCCCCCCCCCCCCCCCCCCCCCCCCCCCCCCOCCCCNCCC(C)(C)CCN. The molecular weight excluding hydrogens is 777 g/mol. The number of nitrogens with two attached hydrogens (primary N) is 1. The summed E-state index contributed by atoms with van der Waals surface area (Å²) in [6, 6.07) is 0. The Morgan fingerprint density at radius 2 is 0.500 bits per heavy atom. The first-order valence-corrected chi connectivity index (χ1v) is 30.6. The number of hydrogen-bond donors (Lipinski definition) is 2. The van der Waals surface area contributed by atoms with Crippen molar-refractivity contribution in [2.45, 2.75) is 355 Å². The van der Waals surface area contributed by atoms with Gasteiger partial charge in [0, 0.05) is 13.2 Å². The van der Waals surface area contributed by atoms with E-state index in [1.54, 1.807) is 0 Å². The fourth-order valence-electron chi connectivity index (χ4n) is 10.0. The molecule has 0 aromatic heterocycles. The van der Waals surface area contributed by atoms with Crippen LogP contribution in [0.25, 0.3) is 0 Å². The lowest BCUT2D eigenvalue weighted by Crippen LogP contribution is -2.25. The van der Waals surface area contributed by atoms with Gasteiger partial charge in [0.1, 0.15) is 0 Å². The topological polar surface area (TPSA) is 47.3 Å². The molecule has 0 spiro atoms. The van der Waals surface area contributed by atoms with Crippen LogP contribution in [-0.4, -0.2) is 32.8 Å². The van der Waals surface area contributed by atoms with E-state index in [0.717, 1.165) is 39.3 Å². The lowest BCUT2D eigenvalue weighted by Gasteiger charge is -2.23. The molecule has 0 unspecified atom stereocenters. The molecule has 3 heteroatoms. The maximum absolute atomic E-state index is 5.87. The Morgan fingerprint density at radius 3 is 0.734 bits per heavy atom. The number of ether oxygens (including phenoxy) is 1. The average Bonchev–Trinajstić information content (AvgIpc) is 3.28. The van der Waals surface area contributed by atoms with Crippen LogP contribution in [0.15, 0.2) is 0 Å². The molecule has 3 nitrogen and oxygen atoms in total. The minimum Gasteiger partial charge on any atom is -0.381 e. The summed E-state index contributed by atoms with van der Waals surface area (Å²) in [5.74, 6) is 0. The summed E-state index contributed by atoms with van der Waals surface area (Å²) in [6.45, 7) is 11.9. The van der Waals surface area contributed by atoms with Crippen molar-refractivity contribution in [1.29, 1.82) is 0 Å². The largest absolute Gasteiger partial charge is 0.381 e. The third kappa shape index (κ3) is 58.0. The molecule has 0 heterocycles. The number of unbranched alkanes of at least 4 members (excludes halogenated alkanes) is 48. The van der Waals surface area contributed by atoms with Gasteiger partial charge in [-0.2, -0.15) is 0 Å². The van der Waals surface area contributed by atoms with Crippen LogP contribution >= 0.6 is 0 Å². The lowest BCUT2D eigenvalue weighted by atomic mass is 9.86. The predicted octanol–water partition coefficient (Wildman–Crippen LogP) is 20.9. The molecule has 64 heavy (non-hydrogen) atoms. The van der Waals surface area contributed by atoms with Gasteiger partial charge in [0.2, 0.25) is 0 Å². The first-order chi connectivity index (χ1) is 31.6. The zero-order chi connectivity index (χ0) is 46.2. The summed E-state index contributed by atoms with van der Waals surface area (Å²) in [4.78, 5) is 0.